The van der Waals surface area contributed by atoms with Crippen LogP contribution in [0.5, 0.6) is 5.75 Å². The summed E-state index contributed by atoms with van der Waals surface area (Å²) in [6.07, 6.45) is -0.451. The largest absolute Gasteiger partial charge is 0.508 e. The lowest BCUT2D eigenvalue weighted by atomic mass is 9.99. The summed E-state index contributed by atoms with van der Waals surface area (Å²) in [4.78, 5) is 44.1. The molecule has 1 unspecified atom stereocenters. The van der Waals surface area contributed by atoms with Gasteiger partial charge in [0.25, 0.3) is 0 Å². The van der Waals surface area contributed by atoms with Gasteiger partial charge in [0.05, 0.1) is 13.1 Å². The van der Waals surface area contributed by atoms with Crippen molar-refractivity contribution in [1.82, 2.24) is 25.1 Å². The molecule has 0 spiro atoms. The predicted molar refractivity (Wildman–Crippen MR) is 159 cm³/mol. The van der Waals surface area contributed by atoms with E-state index in [0.717, 1.165) is 16.9 Å². The van der Waals surface area contributed by atoms with Gasteiger partial charge in [0.1, 0.15) is 23.8 Å². The Morgan fingerprint density at radius 3 is 2.38 bits per heavy atom. The molecule has 4 amide bonds. The Bertz CT molecular complexity index is 1390. The zero-order chi connectivity index (χ0) is 29.6. The second-order valence-electron chi connectivity index (χ2n) is 10.4. The zero-order valence-corrected chi connectivity index (χ0v) is 24.2. The molecule has 5 rings (SSSR count). The van der Waals surface area contributed by atoms with Crippen LogP contribution in [-0.4, -0.2) is 87.4 Å². The third-order valence-corrected chi connectivity index (χ3v) is 8.50. The van der Waals surface area contributed by atoms with Gasteiger partial charge in [-0.25, -0.2) is 19.2 Å². The molecule has 0 radical (unpaired) electrons. The summed E-state index contributed by atoms with van der Waals surface area (Å²) in [5.41, 5.74) is 2.73. The van der Waals surface area contributed by atoms with Gasteiger partial charge < -0.3 is 20.2 Å². The number of carbonyl (C=O) groups is 3. The van der Waals surface area contributed by atoms with Crippen LogP contribution in [0.25, 0.3) is 0 Å². The lowest BCUT2D eigenvalue weighted by Gasteiger charge is -2.54. The molecule has 2 saturated heterocycles. The number of amides is 4. The molecular formula is C31H34FN5O4S. The number of hydrogen-bond acceptors (Lipinski definition) is 6. The molecule has 2 atom stereocenters. The number of benzene rings is 3. The van der Waals surface area contributed by atoms with Crippen molar-refractivity contribution in [2.75, 3.05) is 32.4 Å². The lowest BCUT2D eigenvalue weighted by Crippen LogP contribution is -2.76. The first kappa shape index (κ1) is 29.4. The first-order valence-electron chi connectivity index (χ1n) is 13.8. The van der Waals surface area contributed by atoms with Gasteiger partial charge in [-0.05, 0) is 41.0 Å². The number of urea groups is 1. The molecule has 2 heterocycles. The van der Waals surface area contributed by atoms with Gasteiger partial charge in [-0.1, -0.05) is 54.6 Å². The van der Waals surface area contributed by atoms with Crippen molar-refractivity contribution in [3.63, 3.8) is 0 Å². The molecule has 42 heavy (non-hydrogen) atoms. The highest BCUT2D eigenvalue weighted by Crippen LogP contribution is 2.28. The Morgan fingerprint density at radius 1 is 0.976 bits per heavy atom. The van der Waals surface area contributed by atoms with E-state index >= 15 is 0 Å². The Balaban J connectivity index is 1.35. The number of hydrazine groups is 1. The summed E-state index contributed by atoms with van der Waals surface area (Å²) in [5.74, 6) is 0.866. The van der Waals surface area contributed by atoms with E-state index in [1.807, 2.05) is 18.2 Å². The predicted octanol–water partition coefficient (Wildman–Crippen LogP) is 3.44. The van der Waals surface area contributed by atoms with E-state index in [9.17, 15) is 23.9 Å². The zero-order valence-electron chi connectivity index (χ0n) is 23.4. The third-order valence-electron chi connectivity index (χ3n) is 7.49. The topological polar surface area (TPSA) is 96.4 Å². The van der Waals surface area contributed by atoms with E-state index in [-0.39, 0.29) is 49.4 Å². The molecule has 0 aliphatic carbocycles. The van der Waals surface area contributed by atoms with Crippen molar-refractivity contribution in [3.05, 3.63) is 101 Å². The summed E-state index contributed by atoms with van der Waals surface area (Å²) in [6.45, 7) is 0.763. The number of piperazine rings is 1. The molecule has 2 fully saturated rings. The fourth-order valence-electron chi connectivity index (χ4n) is 5.36. The van der Waals surface area contributed by atoms with E-state index in [4.69, 9.17) is 0 Å². The van der Waals surface area contributed by atoms with Crippen LogP contribution in [0.4, 0.5) is 9.18 Å². The van der Waals surface area contributed by atoms with Crippen LogP contribution in [0.1, 0.15) is 16.7 Å². The number of aromatic hydroxyl groups is 1. The van der Waals surface area contributed by atoms with Gasteiger partial charge in [-0.2, -0.15) is 11.8 Å². The van der Waals surface area contributed by atoms with Crippen LogP contribution in [0, 0.1) is 5.82 Å². The number of nitrogens with zero attached hydrogens (tertiary/aromatic N) is 4. The maximum Gasteiger partial charge on any atom is 0.334 e. The molecule has 2 aliphatic rings. The van der Waals surface area contributed by atoms with Crippen molar-refractivity contribution in [1.29, 1.82) is 0 Å². The van der Waals surface area contributed by atoms with Crippen LogP contribution in [0.2, 0.25) is 0 Å². The molecule has 3 aromatic rings. The van der Waals surface area contributed by atoms with Crippen molar-refractivity contribution in [3.8, 4) is 5.75 Å². The highest BCUT2D eigenvalue weighted by molar-refractivity contribution is 7.98. The molecule has 11 heteroatoms. The van der Waals surface area contributed by atoms with E-state index in [1.165, 1.54) is 22.7 Å². The molecule has 3 aromatic carbocycles. The SMILES string of the molecule is CN1CC(=O)N2C(CN(CCSCc3ccccc3)C(=O)[C@@H]2Cc2ccc(O)cc2)N1C(=O)NCc1ccc(F)cc1. The Hall–Kier alpha value is -4.09. The Labute approximate surface area is 248 Å². The number of phenolic OH excluding ortho intramolecular Hbond substituents is 1. The number of fused-ring (bicyclic) bond motifs is 1. The van der Waals surface area contributed by atoms with E-state index in [0.29, 0.717) is 12.3 Å². The van der Waals surface area contributed by atoms with Crippen molar-refractivity contribution >= 4 is 29.6 Å². The van der Waals surface area contributed by atoms with Crippen LogP contribution in [0.15, 0.2) is 78.9 Å². The molecule has 9 nitrogen and oxygen atoms in total. The molecule has 2 N–H and O–H groups in total. The highest BCUT2D eigenvalue weighted by Gasteiger charge is 2.50. The van der Waals surface area contributed by atoms with E-state index < -0.39 is 18.2 Å². The van der Waals surface area contributed by atoms with Gasteiger partial charge in [0.2, 0.25) is 11.8 Å². The smallest absolute Gasteiger partial charge is 0.334 e. The maximum absolute atomic E-state index is 13.9. The number of hydrogen-bond donors (Lipinski definition) is 2. The summed E-state index contributed by atoms with van der Waals surface area (Å²) >= 11 is 1.72. The first-order chi connectivity index (χ1) is 20.3. The number of phenols is 1. The standard InChI is InChI=1S/C31H34FN5O4S/c1-34-20-29(39)36-27(17-22-9-13-26(38)14-10-22)30(40)35(15-16-42-21-24-5-3-2-4-6-24)19-28(36)37(34)31(41)33-18-23-7-11-25(32)12-8-23/h2-14,27-28,38H,15-21H2,1H3,(H,33,41)/t27-,28?/m0/s1. The van der Waals surface area contributed by atoms with Crippen molar-refractivity contribution in [2.24, 2.45) is 0 Å². The van der Waals surface area contributed by atoms with E-state index in [1.54, 1.807) is 70.0 Å². The second-order valence-corrected chi connectivity index (χ2v) is 11.5. The van der Waals surface area contributed by atoms with E-state index in [2.05, 4.69) is 17.4 Å². The molecule has 220 valence electrons. The number of thioether (sulfide) groups is 1. The summed E-state index contributed by atoms with van der Waals surface area (Å²) in [7, 11) is 1.68. The minimum Gasteiger partial charge on any atom is -0.508 e. The third kappa shape index (κ3) is 6.85. The number of carbonyl (C=O) groups excluding carboxylic acids is 3. The molecular weight excluding hydrogens is 557 g/mol. The number of likely N-dealkylation sites (N-methyl/N-ethyl adjacent to an activating group) is 1. The first-order valence-corrected chi connectivity index (χ1v) is 15.0. The van der Waals surface area contributed by atoms with Gasteiger partial charge in [0, 0.05) is 38.1 Å². The summed E-state index contributed by atoms with van der Waals surface area (Å²) < 4.78 is 13.3. The minimum atomic E-state index is -0.805. The maximum atomic E-state index is 13.9. The summed E-state index contributed by atoms with van der Waals surface area (Å²) in [5, 5.41) is 15.7. The fraction of sp³-hybridized carbons (Fsp3) is 0.323. The average molecular weight is 592 g/mol. The number of nitrogens with one attached hydrogen (secondary N) is 1. The monoisotopic (exact) mass is 591 g/mol. The van der Waals surface area contributed by atoms with Gasteiger partial charge in [-0.15, -0.1) is 0 Å². The fourth-order valence-corrected chi connectivity index (χ4v) is 6.28. The normalized spacial score (nSPS) is 19.1. The van der Waals surface area contributed by atoms with Crippen molar-refractivity contribution in [2.45, 2.75) is 30.9 Å². The lowest BCUT2D eigenvalue weighted by molar-refractivity contribution is -0.186. The van der Waals surface area contributed by atoms with Gasteiger partial charge in [-0.3, -0.25) is 9.59 Å². The van der Waals surface area contributed by atoms with Crippen LogP contribution >= 0.6 is 11.8 Å². The highest BCUT2D eigenvalue weighted by atomic mass is 32.2. The molecule has 2 aliphatic heterocycles. The quantitative estimate of drug-likeness (QED) is 0.370. The molecule has 0 bridgehead atoms. The number of rotatable bonds is 9. The Kier molecular flexibility index (Phi) is 9.28. The van der Waals surface area contributed by atoms with Crippen LogP contribution in [-0.2, 0) is 28.3 Å². The van der Waals surface area contributed by atoms with Crippen LogP contribution < -0.4 is 5.32 Å². The van der Waals surface area contributed by atoms with Gasteiger partial charge >= 0.3 is 6.03 Å². The Morgan fingerprint density at radius 2 is 1.67 bits per heavy atom. The minimum absolute atomic E-state index is 0.0627. The van der Waals surface area contributed by atoms with Crippen LogP contribution in [0.3, 0.4) is 0 Å². The second kappa shape index (κ2) is 13.3. The number of halogens is 1. The molecule has 0 aromatic heterocycles. The molecule has 0 saturated carbocycles. The van der Waals surface area contributed by atoms with Crippen molar-refractivity contribution < 1.29 is 23.9 Å². The van der Waals surface area contributed by atoms with Gasteiger partial charge in [0.15, 0.2) is 0 Å². The summed E-state index contributed by atoms with van der Waals surface area (Å²) in [6, 6.07) is 21.3. The average Bonchev–Trinajstić information content (AvgIpc) is 2.98.